The molecule has 1 saturated heterocycles. The van der Waals surface area contributed by atoms with Gasteiger partial charge in [0, 0.05) is 6.04 Å². The van der Waals surface area contributed by atoms with Gasteiger partial charge in [0.2, 0.25) is 0 Å². The Hall–Kier alpha value is -0.0800. The van der Waals surface area contributed by atoms with Gasteiger partial charge < -0.3 is 10.4 Å². The van der Waals surface area contributed by atoms with Gasteiger partial charge in [0.1, 0.15) is 0 Å². The van der Waals surface area contributed by atoms with Crippen molar-refractivity contribution in [2.24, 2.45) is 0 Å². The van der Waals surface area contributed by atoms with Crippen molar-refractivity contribution in [1.29, 1.82) is 0 Å². The van der Waals surface area contributed by atoms with Crippen LogP contribution in [0.2, 0.25) is 0 Å². The molecule has 1 aliphatic rings. The first-order valence-corrected chi connectivity index (χ1v) is 9.74. The van der Waals surface area contributed by atoms with E-state index in [1.165, 1.54) is 83.5 Å². The van der Waals surface area contributed by atoms with Gasteiger partial charge >= 0.3 is 0 Å². The average Bonchev–Trinajstić information content (AvgIpc) is 2.48. The van der Waals surface area contributed by atoms with Crippen LogP contribution in [-0.4, -0.2) is 23.8 Å². The van der Waals surface area contributed by atoms with Crippen molar-refractivity contribution < 1.29 is 5.11 Å². The Morgan fingerprint density at radius 3 is 1.86 bits per heavy atom. The fourth-order valence-corrected chi connectivity index (χ4v) is 3.44. The van der Waals surface area contributed by atoms with Crippen molar-refractivity contribution in [2.75, 3.05) is 6.54 Å². The van der Waals surface area contributed by atoms with Crippen molar-refractivity contribution >= 4 is 0 Å². The highest BCUT2D eigenvalue weighted by Crippen LogP contribution is 2.16. The zero-order valence-electron chi connectivity index (χ0n) is 14.4. The molecule has 0 amide bonds. The van der Waals surface area contributed by atoms with E-state index in [2.05, 4.69) is 12.2 Å². The van der Waals surface area contributed by atoms with Crippen molar-refractivity contribution in [3.63, 3.8) is 0 Å². The molecule has 0 spiro atoms. The van der Waals surface area contributed by atoms with Crippen LogP contribution < -0.4 is 5.32 Å². The highest BCUT2D eigenvalue weighted by atomic mass is 16.3. The van der Waals surface area contributed by atoms with E-state index >= 15 is 0 Å². The maximum absolute atomic E-state index is 9.63. The topological polar surface area (TPSA) is 32.3 Å². The molecule has 2 heteroatoms. The Labute approximate surface area is 133 Å². The predicted octanol–water partition coefficient (Wildman–Crippen LogP) is 5.19. The minimum absolute atomic E-state index is 0.0476. The maximum Gasteiger partial charge on any atom is 0.0567 e. The van der Waals surface area contributed by atoms with Crippen LogP contribution in [0.15, 0.2) is 0 Å². The third-order valence-electron chi connectivity index (χ3n) is 4.87. The Kier molecular flexibility index (Phi) is 12.3. The molecule has 21 heavy (non-hydrogen) atoms. The molecule has 0 saturated carbocycles. The van der Waals surface area contributed by atoms with Gasteiger partial charge in [0.25, 0.3) is 0 Å². The van der Waals surface area contributed by atoms with E-state index in [9.17, 15) is 5.11 Å². The van der Waals surface area contributed by atoms with E-state index < -0.39 is 0 Å². The Bertz CT molecular complexity index is 220. The first-order chi connectivity index (χ1) is 10.3. The summed E-state index contributed by atoms with van der Waals surface area (Å²) in [5, 5.41) is 13.2. The number of nitrogens with one attached hydrogen (secondary N) is 1. The number of hydrogen-bond donors (Lipinski definition) is 2. The Morgan fingerprint density at radius 2 is 1.33 bits per heavy atom. The predicted molar refractivity (Wildman–Crippen MR) is 92.7 cm³/mol. The third kappa shape index (κ3) is 11.2. The summed E-state index contributed by atoms with van der Waals surface area (Å²) in [7, 11) is 0. The van der Waals surface area contributed by atoms with E-state index in [1.54, 1.807) is 0 Å². The highest BCUT2D eigenvalue weighted by Gasteiger charge is 2.18. The molecule has 1 heterocycles. The monoisotopic (exact) mass is 297 g/mol. The van der Waals surface area contributed by atoms with E-state index in [0.29, 0.717) is 6.04 Å². The molecular weight excluding hydrogens is 258 g/mol. The molecule has 2 N–H and O–H groups in total. The summed E-state index contributed by atoms with van der Waals surface area (Å²) >= 11 is 0. The van der Waals surface area contributed by atoms with E-state index in [4.69, 9.17) is 0 Å². The van der Waals surface area contributed by atoms with Crippen molar-refractivity contribution in [3.8, 4) is 0 Å². The molecule has 1 fully saturated rings. The molecule has 0 bridgehead atoms. The number of piperidine rings is 1. The maximum atomic E-state index is 9.63. The van der Waals surface area contributed by atoms with Crippen molar-refractivity contribution in [1.82, 2.24) is 5.32 Å². The van der Waals surface area contributed by atoms with Gasteiger partial charge in [-0.2, -0.15) is 0 Å². The second kappa shape index (κ2) is 13.6. The van der Waals surface area contributed by atoms with Crippen LogP contribution in [0.25, 0.3) is 0 Å². The Morgan fingerprint density at radius 1 is 0.810 bits per heavy atom. The van der Waals surface area contributed by atoms with Gasteiger partial charge in [0.15, 0.2) is 0 Å². The normalized spacial score (nSPS) is 22.6. The summed E-state index contributed by atoms with van der Waals surface area (Å²) < 4.78 is 0. The number of rotatable bonds is 13. The Balaban J connectivity index is 1.74. The summed E-state index contributed by atoms with van der Waals surface area (Å²) in [5.74, 6) is 0. The lowest BCUT2D eigenvalue weighted by Crippen LogP contribution is -2.40. The lowest BCUT2D eigenvalue weighted by Gasteiger charge is -2.27. The third-order valence-corrected chi connectivity index (χ3v) is 4.87. The minimum atomic E-state index is -0.0476. The summed E-state index contributed by atoms with van der Waals surface area (Å²) in [6, 6.07) is 0.580. The van der Waals surface area contributed by atoms with Crippen molar-refractivity contribution in [2.45, 2.75) is 115 Å². The van der Waals surface area contributed by atoms with Gasteiger partial charge in [0.05, 0.1) is 6.10 Å². The SMILES string of the molecule is CCCCCCCCCCCCCCC1CC(O)CCN1. The molecule has 1 aliphatic heterocycles. The molecule has 0 aliphatic carbocycles. The van der Waals surface area contributed by atoms with Gasteiger partial charge in [-0.1, -0.05) is 84.0 Å². The molecule has 0 aromatic rings. The van der Waals surface area contributed by atoms with Gasteiger partial charge in [-0.25, -0.2) is 0 Å². The minimum Gasteiger partial charge on any atom is -0.393 e. The number of aliphatic hydroxyl groups excluding tert-OH is 1. The van der Waals surface area contributed by atoms with Gasteiger partial charge in [-0.05, 0) is 25.8 Å². The van der Waals surface area contributed by atoms with Crippen LogP contribution in [0.1, 0.15) is 103 Å². The second-order valence-corrected chi connectivity index (χ2v) is 7.01. The average molecular weight is 298 g/mol. The van der Waals surface area contributed by atoms with Crippen LogP contribution in [0, 0.1) is 0 Å². The molecule has 2 unspecified atom stereocenters. The molecule has 0 aromatic heterocycles. The van der Waals surface area contributed by atoms with Crippen molar-refractivity contribution in [3.05, 3.63) is 0 Å². The highest BCUT2D eigenvalue weighted by molar-refractivity contribution is 4.77. The van der Waals surface area contributed by atoms with Crippen LogP contribution in [0.3, 0.4) is 0 Å². The summed E-state index contributed by atoms with van der Waals surface area (Å²) in [6.45, 7) is 3.29. The molecule has 2 nitrogen and oxygen atoms in total. The summed E-state index contributed by atoms with van der Waals surface area (Å²) in [5.41, 5.74) is 0. The van der Waals surface area contributed by atoms with Gasteiger partial charge in [-0.15, -0.1) is 0 Å². The zero-order valence-corrected chi connectivity index (χ0v) is 14.4. The first kappa shape index (κ1) is 19.0. The number of unbranched alkanes of at least 4 members (excludes halogenated alkanes) is 11. The lowest BCUT2D eigenvalue weighted by molar-refractivity contribution is 0.113. The van der Waals surface area contributed by atoms with E-state index in [-0.39, 0.29) is 6.10 Å². The zero-order chi connectivity index (χ0) is 15.2. The molecule has 0 aromatic carbocycles. The summed E-state index contributed by atoms with van der Waals surface area (Å²) in [6.07, 6.45) is 20.1. The second-order valence-electron chi connectivity index (χ2n) is 7.01. The molecular formula is C19H39NO. The van der Waals surface area contributed by atoms with E-state index in [0.717, 1.165) is 19.4 Å². The lowest BCUT2D eigenvalue weighted by atomic mass is 9.96. The fourth-order valence-electron chi connectivity index (χ4n) is 3.44. The number of aliphatic hydroxyl groups is 1. The van der Waals surface area contributed by atoms with Crippen LogP contribution in [0.5, 0.6) is 0 Å². The molecule has 2 atom stereocenters. The van der Waals surface area contributed by atoms with Crippen LogP contribution in [-0.2, 0) is 0 Å². The van der Waals surface area contributed by atoms with E-state index in [1.807, 2.05) is 0 Å². The van der Waals surface area contributed by atoms with Crippen LogP contribution in [0.4, 0.5) is 0 Å². The number of hydrogen-bond acceptors (Lipinski definition) is 2. The largest absolute Gasteiger partial charge is 0.393 e. The summed E-state index contributed by atoms with van der Waals surface area (Å²) in [4.78, 5) is 0. The molecule has 0 radical (unpaired) electrons. The quantitative estimate of drug-likeness (QED) is 0.458. The van der Waals surface area contributed by atoms with Gasteiger partial charge in [-0.3, -0.25) is 0 Å². The van der Waals surface area contributed by atoms with Crippen LogP contribution >= 0.6 is 0 Å². The smallest absolute Gasteiger partial charge is 0.0567 e. The first-order valence-electron chi connectivity index (χ1n) is 9.74. The fraction of sp³-hybridized carbons (Fsp3) is 1.00. The standard InChI is InChI=1S/C19H39NO/c1-2-3-4-5-6-7-8-9-10-11-12-13-14-18-17-19(21)15-16-20-18/h18-21H,2-17H2,1H3. The molecule has 1 rings (SSSR count). The molecule has 126 valence electrons.